The molecule has 0 unspecified atom stereocenters. The number of unbranched alkanes of at least 4 members (excludes halogenated alkanes) is 10. The summed E-state index contributed by atoms with van der Waals surface area (Å²) in [5, 5.41) is 14.5. The van der Waals surface area contributed by atoms with Crippen LogP contribution in [0.3, 0.4) is 0 Å². The lowest BCUT2D eigenvalue weighted by Gasteiger charge is -2.31. The first-order valence-corrected chi connectivity index (χ1v) is 11.5. The number of urea groups is 1. The number of rotatable bonds is 15. The quantitative estimate of drug-likeness (QED) is 0.354. The van der Waals surface area contributed by atoms with Gasteiger partial charge in [-0.1, -0.05) is 57.8 Å². The zero-order valence-corrected chi connectivity index (χ0v) is 18.2. The summed E-state index contributed by atoms with van der Waals surface area (Å²) in [5.41, 5.74) is 0. The SMILES string of the molecule is CC(=O)N1CCC(NC(=O)NCCCCCCCCCCCCCC(=O)O)CC1. The minimum atomic E-state index is -0.688. The third-order valence-electron chi connectivity index (χ3n) is 5.63. The zero-order valence-electron chi connectivity index (χ0n) is 18.2. The molecular weight excluding hydrogens is 370 g/mol. The number of piperidine rings is 1. The molecule has 7 nitrogen and oxygen atoms in total. The van der Waals surface area contributed by atoms with Crippen molar-refractivity contribution in [3.05, 3.63) is 0 Å². The molecule has 0 aliphatic carbocycles. The summed E-state index contributed by atoms with van der Waals surface area (Å²) in [6.45, 7) is 3.76. The molecule has 1 heterocycles. The van der Waals surface area contributed by atoms with Gasteiger partial charge in [-0.05, 0) is 25.7 Å². The minimum absolute atomic E-state index is 0.0883. The van der Waals surface area contributed by atoms with Gasteiger partial charge in [0.25, 0.3) is 0 Å². The molecule has 0 spiro atoms. The number of carboxylic acids is 1. The maximum atomic E-state index is 11.9. The summed E-state index contributed by atoms with van der Waals surface area (Å²) in [4.78, 5) is 35.5. The van der Waals surface area contributed by atoms with E-state index in [1.807, 2.05) is 4.90 Å². The Kier molecular flexibility index (Phi) is 14.0. The molecule has 1 rings (SSSR count). The van der Waals surface area contributed by atoms with Crippen molar-refractivity contribution in [2.24, 2.45) is 0 Å². The van der Waals surface area contributed by atoms with E-state index in [1.165, 1.54) is 38.5 Å². The maximum Gasteiger partial charge on any atom is 0.315 e. The first kappa shape index (κ1) is 25.2. The topological polar surface area (TPSA) is 98.7 Å². The Bertz CT molecular complexity index is 477. The number of carboxylic acid groups (broad SMARTS) is 1. The van der Waals surface area contributed by atoms with E-state index in [0.717, 1.165) is 58.0 Å². The van der Waals surface area contributed by atoms with Crippen LogP contribution in [-0.2, 0) is 9.59 Å². The van der Waals surface area contributed by atoms with Crippen LogP contribution in [0, 0.1) is 0 Å². The number of carbonyl (C=O) groups excluding carboxylic acids is 2. The molecule has 168 valence electrons. The van der Waals surface area contributed by atoms with E-state index in [1.54, 1.807) is 6.92 Å². The Morgan fingerprint density at radius 3 is 1.79 bits per heavy atom. The van der Waals surface area contributed by atoms with E-state index >= 15 is 0 Å². The molecule has 1 aliphatic rings. The number of nitrogens with zero attached hydrogens (tertiary/aromatic N) is 1. The van der Waals surface area contributed by atoms with Gasteiger partial charge in [0.15, 0.2) is 0 Å². The standard InChI is InChI=1S/C22H41N3O4/c1-19(26)25-17-14-20(15-18-25)24-22(29)23-16-12-10-8-6-4-2-3-5-7-9-11-13-21(27)28/h20H,2-18H2,1H3,(H,27,28)(H2,23,24,29). The molecule has 1 aliphatic heterocycles. The summed E-state index contributed by atoms with van der Waals surface area (Å²) in [7, 11) is 0. The van der Waals surface area contributed by atoms with Gasteiger partial charge in [-0.3, -0.25) is 9.59 Å². The van der Waals surface area contributed by atoms with Crippen LogP contribution >= 0.6 is 0 Å². The normalized spacial score (nSPS) is 14.6. The average molecular weight is 412 g/mol. The van der Waals surface area contributed by atoms with E-state index in [2.05, 4.69) is 10.6 Å². The van der Waals surface area contributed by atoms with E-state index < -0.39 is 5.97 Å². The molecule has 1 saturated heterocycles. The van der Waals surface area contributed by atoms with Gasteiger partial charge in [0.2, 0.25) is 5.91 Å². The lowest BCUT2D eigenvalue weighted by atomic mass is 10.1. The molecule has 1 fully saturated rings. The predicted molar refractivity (Wildman–Crippen MR) is 115 cm³/mol. The molecule has 7 heteroatoms. The van der Waals surface area contributed by atoms with Gasteiger partial charge >= 0.3 is 12.0 Å². The maximum absolute atomic E-state index is 11.9. The Hall–Kier alpha value is -1.79. The third kappa shape index (κ3) is 13.9. The Morgan fingerprint density at radius 1 is 0.828 bits per heavy atom. The number of amides is 3. The molecule has 0 radical (unpaired) electrons. The third-order valence-corrected chi connectivity index (χ3v) is 5.63. The van der Waals surface area contributed by atoms with Gasteiger partial charge in [-0.2, -0.15) is 0 Å². The van der Waals surface area contributed by atoms with Crippen molar-refractivity contribution in [2.75, 3.05) is 19.6 Å². The second-order valence-corrected chi connectivity index (χ2v) is 8.21. The number of aliphatic carboxylic acids is 1. The number of likely N-dealkylation sites (tertiary alicyclic amines) is 1. The fourth-order valence-electron chi connectivity index (χ4n) is 3.77. The monoisotopic (exact) mass is 411 g/mol. The van der Waals surface area contributed by atoms with Crippen molar-refractivity contribution in [2.45, 2.75) is 103 Å². The molecule has 0 aromatic heterocycles. The van der Waals surface area contributed by atoms with Crippen molar-refractivity contribution >= 4 is 17.9 Å². The summed E-state index contributed by atoms with van der Waals surface area (Å²) in [5.74, 6) is -0.576. The van der Waals surface area contributed by atoms with Crippen LogP contribution in [0.5, 0.6) is 0 Å². The van der Waals surface area contributed by atoms with Crippen LogP contribution in [0.4, 0.5) is 4.79 Å². The van der Waals surface area contributed by atoms with Crippen LogP contribution in [0.1, 0.15) is 96.8 Å². The lowest BCUT2D eigenvalue weighted by Crippen LogP contribution is -2.48. The predicted octanol–water partition coefficient (Wildman–Crippen LogP) is 4.06. The Balaban J connectivity index is 1.82. The van der Waals surface area contributed by atoms with E-state index in [9.17, 15) is 14.4 Å². The van der Waals surface area contributed by atoms with Gasteiger partial charge in [0.1, 0.15) is 0 Å². The highest BCUT2D eigenvalue weighted by molar-refractivity contribution is 5.74. The van der Waals surface area contributed by atoms with Crippen molar-refractivity contribution in [3.63, 3.8) is 0 Å². The first-order chi connectivity index (χ1) is 14.0. The van der Waals surface area contributed by atoms with Crippen LogP contribution < -0.4 is 10.6 Å². The number of hydrogen-bond acceptors (Lipinski definition) is 3. The average Bonchev–Trinajstić information content (AvgIpc) is 2.68. The van der Waals surface area contributed by atoms with E-state index in [4.69, 9.17) is 5.11 Å². The van der Waals surface area contributed by atoms with Crippen molar-refractivity contribution in [3.8, 4) is 0 Å². The van der Waals surface area contributed by atoms with Crippen molar-refractivity contribution in [1.29, 1.82) is 0 Å². The number of hydrogen-bond donors (Lipinski definition) is 3. The van der Waals surface area contributed by atoms with Crippen molar-refractivity contribution in [1.82, 2.24) is 15.5 Å². The molecule has 0 saturated carbocycles. The largest absolute Gasteiger partial charge is 0.481 e. The molecule has 0 aromatic rings. The smallest absolute Gasteiger partial charge is 0.315 e. The molecule has 29 heavy (non-hydrogen) atoms. The summed E-state index contributed by atoms with van der Waals surface area (Å²) in [6.07, 6.45) is 14.6. The molecule has 0 atom stereocenters. The summed E-state index contributed by atoms with van der Waals surface area (Å²) < 4.78 is 0. The molecule has 0 bridgehead atoms. The van der Waals surface area contributed by atoms with E-state index in [-0.39, 0.29) is 18.0 Å². The van der Waals surface area contributed by atoms with Gasteiger partial charge in [0, 0.05) is 39.0 Å². The van der Waals surface area contributed by atoms with Gasteiger partial charge in [0.05, 0.1) is 0 Å². The Morgan fingerprint density at radius 2 is 1.31 bits per heavy atom. The highest BCUT2D eigenvalue weighted by atomic mass is 16.4. The Labute approximate surface area is 176 Å². The highest BCUT2D eigenvalue weighted by Crippen LogP contribution is 2.12. The molecule has 3 amide bonds. The molecule has 3 N–H and O–H groups in total. The molecular formula is C22H41N3O4. The summed E-state index contributed by atoms with van der Waals surface area (Å²) in [6, 6.07) is 0.0809. The van der Waals surface area contributed by atoms with Gasteiger partial charge in [-0.25, -0.2) is 4.79 Å². The fourth-order valence-corrected chi connectivity index (χ4v) is 3.77. The van der Waals surface area contributed by atoms with Crippen LogP contribution in [0.2, 0.25) is 0 Å². The van der Waals surface area contributed by atoms with Crippen LogP contribution in [-0.4, -0.2) is 53.6 Å². The number of carbonyl (C=O) groups is 3. The lowest BCUT2D eigenvalue weighted by molar-refractivity contribution is -0.137. The number of nitrogens with one attached hydrogen (secondary N) is 2. The second kappa shape index (κ2) is 16.1. The first-order valence-electron chi connectivity index (χ1n) is 11.5. The summed E-state index contributed by atoms with van der Waals surface area (Å²) >= 11 is 0. The van der Waals surface area contributed by atoms with Gasteiger partial charge in [-0.15, -0.1) is 0 Å². The van der Waals surface area contributed by atoms with E-state index in [0.29, 0.717) is 13.0 Å². The van der Waals surface area contributed by atoms with Crippen LogP contribution in [0.15, 0.2) is 0 Å². The minimum Gasteiger partial charge on any atom is -0.481 e. The second-order valence-electron chi connectivity index (χ2n) is 8.21. The zero-order chi connectivity index (χ0) is 21.3. The fraction of sp³-hybridized carbons (Fsp3) is 0.864. The van der Waals surface area contributed by atoms with Crippen molar-refractivity contribution < 1.29 is 19.5 Å². The highest BCUT2D eigenvalue weighted by Gasteiger charge is 2.21. The van der Waals surface area contributed by atoms with Crippen LogP contribution in [0.25, 0.3) is 0 Å². The van der Waals surface area contributed by atoms with Gasteiger partial charge < -0.3 is 20.6 Å². The molecule has 0 aromatic carbocycles.